The number of ether oxygens (including phenoxy) is 1. The number of nitrogens with zero attached hydrogens (tertiary/aromatic N) is 3. The van der Waals surface area contributed by atoms with Crippen LogP contribution in [0, 0.1) is 11.3 Å². The SMILES string of the molecule is N#Cc1nn(-c2c(Cl)cc(C(F)(F)F)cc2Cl)c(NC(=O)OCC(F)(F)F)c1C1(C(F)(F)F)CC1(F)F. The second-order valence-electron chi connectivity index (χ2n) is 7.48. The van der Waals surface area contributed by atoms with Crippen LogP contribution in [0.25, 0.3) is 5.69 Å². The molecule has 1 aliphatic rings. The summed E-state index contributed by atoms with van der Waals surface area (Å²) in [6.07, 6.45) is -20.0. The van der Waals surface area contributed by atoms with Crippen LogP contribution in [-0.4, -0.2) is 40.8 Å². The third kappa shape index (κ3) is 5.08. The van der Waals surface area contributed by atoms with Crippen molar-refractivity contribution in [2.24, 2.45) is 0 Å². The predicted octanol–water partition coefficient (Wildman–Crippen LogP) is 7.02. The number of hydrogen-bond donors (Lipinski definition) is 1. The van der Waals surface area contributed by atoms with Gasteiger partial charge in [0.1, 0.15) is 17.6 Å². The van der Waals surface area contributed by atoms with Gasteiger partial charge >= 0.3 is 24.6 Å². The monoisotopic (exact) mass is 590 g/mol. The van der Waals surface area contributed by atoms with Gasteiger partial charge < -0.3 is 4.74 Å². The van der Waals surface area contributed by atoms with Gasteiger partial charge in [-0.1, -0.05) is 23.2 Å². The molecule has 1 aromatic heterocycles. The van der Waals surface area contributed by atoms with Crippen LogP contribution in [-0.2, 0) is 16.3 Å². The molecular weight excluding hydrogens is 584 g/mol. The number of nitrogens with one attached hydrogen (secondary N) is 1. The van der Waals surface area contributed by atoms with Crippen LogP contribution >= 0.6 is 23.2 Å². The van der Waals surface area contributed by atoms with E-state index in [2.05, 4.69) is 9.84 Å². The maximum absolute atomic E-state index is 14.2. The van der Waals surface area contributed by atoms with Crippen molar-refractivity contribution in [3.8, 4) is 11.8 Å². The first-order valence-electron chi connectivity index (χ1n) is 9.21. The van der Waals surface area contributed by atoms with Crippen molar-refractivity contribution in [2.75, 3.05) is 11.9 Å². The lowest BCUT2D eigenvalue weighted by Gasteiger charge is -2.22. The van der Waals surface area contributed by atoms with Gasteiger partial charge in [0.25, 0.3) is 5.92 Å². The van der Waals surface area contributed by atoms with E-state index in [-0.39, 0.29) is 16.8 Å². The minimum Gasteiger partial charge on any atom is -0.440 e. The highest BCUT2D eigenvalue weighted by molar-refractivity contribution is 6.38. The highest BCUT2D eigenvalue weighted by atomic mass is 35.5. The summed E-state index contributed by atoms with van der Waals surface area (Å²) in [6.45, 7) is -2.27. The van der Waals surface area contributed by atoms with Crippen molar-refractivity contribution >= 4 is 35.1 Å². The molecule has 1 aliphatic carbocycles. The Morgan fingerprint density at radius 2 is 1.62 bits per heavy atom. The number of aromatic nitrogens is 2. The van der Waals surface area contributed by atoms with Crippen LogP contribution in [0.2, 0.25) is 10.0 Å². The Bertz CT molecular complexity index is 1270. The van der Waals surface area contributed by atoms with Crippen LogP contribution in [0.5, 0.6) is 0 Å². The number of carbonyl (C=O) groups is 1. The minimum atomic E-state index is -5.81. The van der Waals surface area contributed by atoms with E-state index in [4.69, 9.17) is 23.2 Å². The molecule has 2 aromatic rings. The molecule has 0 radical (unpaired) electrons. The van der Waals surface area contributed by atoms with Gasteiger partial charge in [0, 0.05) is 6.42 Å². The van der Waals surface area contributed by atoms with E-state index < -0.39 is 87.4 Å². The van der Waals surface area contributed by atoms with E-state index in [0.717, 1.165) is 6.07 Å². The first kappa shape index (κ1) is 28.6. The summed E-state index contributed by atoms with van der Waals surface area (Å²) in [6, 6.07) is 1.51. The van der Waals surface area contributed by atoms with Gasteiger partial charge in [-0.15, -0.1) is 0 Å². The smallest absolute Gasteiger partial charge is 0.422 e. The van der Waals surface area contributed by atoms with Gasteiger partial charge in [0.15, 0.2) is 17.7 Å². The Labute approximate surface area is 207 Å². The number of nitriles is 1. The summed E-state index contributed by atoms with van der Waals surface area (Å²) in [4.78, 5) is 12.0. The lowest BCUT2D eigenvalue weighted by Crippen LogP contribution is -2.36. The zero-order chi connectivity index (χ0) is 28.4. The van der Waals surface area contributed by atoms with Gasteiger partial charge in [-0.25, -0.2) is 18.3 Å². The Balaban J connectivity index is 2.31. The van der Waals surface area contributed by atoms with E-state index >= 15 is 0 Å². The molecule has 0 bridgehead atoms. The molecule has 1 aromatic carbocycles. The van der Waals surface area contributed by atoms with E-state index in [9.17, 15) is 58.4 Å². The highest BCUT2D eigenvalue weighted by Crippen LogP contribution is 2.70. The quantitative estimate of drug-likeness (QED) is 0.388. The molecular formula is C18H7Cl2F11N4O2. The number of carbonyl (C=O) groups excluding carboxylic acids is 1. The van der Waals surface area contributed by atoms with Crippen LogP contribution < -0.4 is 5.32 Å². The number of amides is 1. The standard InChI is InChI=1S/C18H7Cl2F11N4O2/c19-7-1-6(17(26,27)28)2-8(20)11(7)35-12(33-13(36)37-5-16(23,24)25)10(9(3-32)34-35)14(18(29,30)31)4-15(14,21)22/h1-2H,4-5H2,(H,33,36). The summed E-state index contributed by atoms with van der Waals surface area (Å²) in [5.41, 5.74) is -9.64. The number of rotatable bonds is 4. The molecule has 37 heavy (non-hydrogen) atoms. The zero-order valence-corrected chi connectivity index (χ0v) is 18.7. The first-order chi connectivity index (χ1) is 16.7. The van der Waals surface area contributed by atoms with Crippen LogP contribution in [0.3, 0.4) is 0 Å². The maximum Gasteiger partial charge on any atom is 0.422 e. The fraction of sp³-hybridized carbons (Fsp3) is 0.389. The summed E-state index contributed by atoms with van der Waals surface area (Å²) in [7, 11) is 0. The largest absolute Gasteiger partial charge is 0.440 e. The molecule has 1 atom stereocenters. The van der Waals surface area contributed by atoms with Crippen LogP contribution in [0.15, 0.2) is 12.1 Å². The first-order valence-corrected chi connectivity index (χ1v) is 9.97. The Morgan fingerprint density at radius 1 is 1.11 bits per heavy atom. The lowest BCUT2D eigenvalue weighted by atomic mass is 9.93. The lowest BCUT2D eigenvalue weighted by molar-refractivity contribution is -0.182. The van der Waals surface area contributed by atoms with Crippen LogP contribution in [0.1, 0.15) is 23.2 Å². The summed E-state index contributed by atoms with van der Waals surface area (Å²) in [5.74, 6) is -6.06. The third-order valence-corrected chi connectivity index (χ3v) is 5.61. The molecule has 1 unspecified atom stereocenters. The van der Waals surface area contributed by atoms with Gasteiger partial charge in [-0.05, 0) is 12.1 Å². The van der Waals surface area contributed by atoms with Gasteiger partial charge in [0.05, 0.1) is 21.2 Å². The number of halogens is 13. The second kappa shape index (κ2) is 8.79. The molecule has 1 saturated carbocycles. The summed E-state index contributed by atoms with van der Waals surface area (Å²) >= 11 is 11.6. The van der Waals surface area contributed by atoms with Gasteiger partial charge in [-0.2, -0.15) is 49.9 Å². The average molecular weight is 591 g/mol. The summed E-state index contributed by atoms with van der Waals surface area (Å²) in [5, 5.41) is 12.0. The Kier molecular flexibility index (Phi) is 6.79. The normalized spacial score (nSPS) is 19.4. The van der Waals surface area contributed by atoms with E-state index in [1.165, 1.54) is 5.32 Å². The van der Waals surface area contributed by atoms with Gasteiger partial charge in [0.2, 0.25) is 0 Å². The fourth-order valence-corrected chi connectivity index (χ4v) is 4.05. The molecule has 0 saturated heterocycles. The molecule has 1 heterocycles. The molecule has 1 N–H and O–H groups in total. The van der Waals surface area contributed by atoms with Crippen molar-refractivity contribution in [1.29, 1.82) is 5.26 Å². The van der Waals surface area contributed by atoms with Crippen molar-refractivity contribution in [3.05, 3.63) is 39.0 Å². The molecule has 202 valence electrons. The van der Waals surface area contributed by atoms with Crippen LogP contribution in [0.4, 0.5) is 58.9 Å². The Morgan fingerprint density at radius 3 is 2.00 bits per heavy atom. The number of benzene rings is 1. The summed E-state index contributed by atoms with van der Waals surface area (Å²) < 4.78 is 150. The molecule has 19 heteroatoms. The topological polar surface area (TPSA) is 79.9 Å². The number of alkyl halides is 11. The average Bonchev–Trinajstić information content (AvgIpc) is 3.14. The van der Waals surface area contributed by atoms with Gasteiger partial charge in [-0.3, -0.25) is 5.32 Å². The second-order valence-corrected chi connectivity index (χ2v) is 8.30. The molecule has 1 amide bonds. The van der Waals surface area contributed by atoms with Crippen molar-refractivity contribution in [2.45, 2.75) is 36.3 Å². The van der Waals surface area contributed by atoms with Crippen molar-refractivity contribution in [3.63, 3.8) is 0 Å². The Hall–Kier alpha value is -3.00. The molecule has 0 aliphatic heterocycles. The number of anilines is 1. The van der Waals surface area contributed by atoms with E-state index in [1.807, 2.05) is 0 Å². The van der Waals surface area contributed by atoms with Crippen molar-refractivity contribution < 1.29 is 57.8 Å². The molecule has 0 spiro atoms. The molecule has 3 rings (SSSR count). The molecule has 6 nitrogen and oxygen atoms in total. The van der Waals surface area contributed by atoms with E-state index in [1.54, 1.807) is 0 Å². The predicted molar refractivity (Wildman–Crippen MR) is 102 cm³/mol. The number of hydrogen-bond acceptors (Lipinski definition) is 4. The highest BCUT2D eigenvalue weighted by Gasteiger charge is 2.86. The third-order valence-electron chi connectivity index (χ3n) is 5.03. The van der Waals surface area contributed by atoms with Crippen molar-refractivity contribution in [1.82, 2.24) is 9.78 Å². The minimum absolute atomic E-state index is 0.0233. The fourth-order valence-electron chi connectivity index (χ4n) is 3.40. The zero-order valence-electron chi connectivity index (χ0n) is 17.1. The maximum atomic E-state index is 14.2. The van der Waals surface area contributed by atoms with E-state index in [0.29, 0.717) is 0 Å². The molecule has 1 fully saturated rings.